The van der Waals surface area contributed by atoms with Crippen LogP contribution >= 0.6 is 11.6 Å². The molecular formula is C13H20ClNO. The van der Waals surface area contributed by atoms with Gasteiger partial charge >= 0.3 is 0 Å². The topological polar surface area (TPSA) is 22.1 Å². The van der Waals surface area contributed by atoms with Crippen molar-refractivity contribution in [2.75, 3.05) is 6.61 Å². The Morgan fingerprint density at radius 1 is 1.12 bits per heavy atom. The molecule has 1 aromatic rings. The van der Waals surface area contributed by atoms with Gasteiger partial charge in [0.2, 0.25) is 5.88 Å². The Morgan fingerprint density at radius 3 is 2.62 bits per heavy atom. The standard InChI is InChI=1S/C13H20ClNO/c1-2-3-4-5-6-7-11-16-13-10-8-9-12(14)15-13/h8-10H,2-7,11H2,1H3. The van der Waals surface area contributed by atoms with Gasteiger partial charge in [-0.3, -0.25) is 0 Å². The van der Waals surface area contributed by atoms with Crippen molar-refractivity contribution in [1.29, 1.82) is 0 Å². The molecule has 0 spiro atoms. The average molecular weight is 242 g/mol. The minimum atomic E-state index is 0.487. The van der Waals surface area contributed by atoms with Crippen LogP contribution in [0, 0.1) is 0 Å². The highest BCUT2D eigenvalue weighted by Crippen LogP contribution is 2.12. The Labute approximate surface area is 103 Å². The molecule has 0 saturated heterocycles. The molecule has 0 aliphatic carbocycles. The van der Waals surface area contributed by atoms with E-state index in [1.54, 1.807) is 6.07 Å². The highest BCUT2D eigenvalue weighted by atomic mass is 35.5. The number of nitrogens with zero attached hydrogens (tertiary/aromatic N) is 1. The second kappa shape index (κ2) is 8.40. The van der Waals surface area contributed by atoms with E-state index < -0.39 is 0 Å². The lowest BCUT2D eigenvalue weighted by atomic mass is 10.1. The molecule has 0 atom stereocenters. The maximum Gasteiger partial charge on any atom is 0.214 e. The van der Waals surface area contributed by atoms with Crippen LogP contribution in [0.5, 0.6) is 5.88 Å². The van der Waals surface area contributed by atoms with Gasteiger partial charge in [-0.25, -0.2) is 4.98 Å². The molecule has 0 aliphatic rings. The zero-order valence-electron chi connectivity index (χ0n) is 9.92. The second-order valence-corrected chi connectivity index (χ2v) is 4.30. The van der Waals surface area contributed by atoms with E-state index in [1.807, 2.05) is 12.1 Å². The van der Waals surface area contributed by atoms with Gasteiger partial charge in [0, 0.05) is 6.07 Å². The van der Waals surface area contributed by atoms with E-state index in [-0.39, 0.29) is 0 Å². The lowest BCUT2D eigenvalue weighted by molar-refractivity contribution is 0.293. The van der Waals surface area contributed by atoms with Crippen molar-refractivity contribution in [2.45, 2.75) is 45.4 Å². The maximum absolute atomic E-state index is 5.75. The van der Waals surface area contributed by atoms with Gasteiger partial charge in [0.1, 0.15) is 5.15 Å². The van der Waals surface area contributed by atoms with Crippen molar-refractivity contribution in [2.24, 2.45) is 0 Å². The van der Waals surface area contributed by atoms with Gasteiger partial charge in [-0.1, -0.05) is 56.7 Å². The Hall–Kier alpha value is -0.760. The molecule has 0 fully saturated rings. The summed E-state index contributed by atoms with van der Waals surface area (Å²) in [6.07, 6.45) is 7.62. The number of aromatic nitrogens is 1. The van der Waals surface area contributed by atoms with Crippen molar-refractivity contribution in [3.63, 3.8) is 0 Å². The zero-order chi connectivity index (χ0) is 11.6. The van der Waals surface area contributed by atoms with E-state index in [4.69, 9.17) is 16.3 Å². The van der Waals surface area contributed by atoms with Gasteiger partial charge in [0.15, 0.2) is 0 Å². The molecule has 0 aliphatic heterocycles. The summed E-state index contributed by atoms with van der Waals surface area (Å²) in [7, 11) is 0. The summed E-state index contributed by atoms with van der Waals surface area (Å²) in [5.74, 6) is 0.626. The molecule has 1 rings (SSSR count). The Kier molecular flexibility index (Phi) is 6.98. The van der Waals surface area contributed by atoms with Crippen LogP contribution in [0.25, 0.3) is 0 Å². The summed E-state index contributed by atoms with van der Waals surface area (Å²) in [5, 5.41) is 0.487. The SMILES string of the molecule is CCCCCCCCOc1cccc(Cl)n1. The summed E-state index contributed by atoms with van der Waals surface area (Å²) in [4.78, 5) is 4.06. The van der Waals surface area contributed by atoms with Crippen molar-refractivity contribution in [1.82, 2.24) is 4.98 Å². The summed E-state index contributed by atoms with van der Waals surface area (Å²) in [6.45, 7) is 2.97. The molecule has 0 radical (unpaired) electrons. The number of ether oxygens (including phenoxy) is 1. The zero-order valence-corrected chi connectivity index (χ0v) is 10.7. The molecule has 1 heterocycles. The molecule has 1 aromatic heterocycles. The highest BCUT2D eigenvalue weighted by molar-refractivity contribution is 6.29. The Balaban J connectivity index is 2.03. The Bertz CT molecular complexity index is 291. The predicted octanol–water partition coefficient (Wildman–Crippen LogP) is 4.47. The van der Waals surface area contributed by atoms with Crippen LogP contribution in [0.3, 0.4) is 0 Å². The van der Waals surface area contributed by atoms with E-state index in [0.717, 1.165) is 13.0 Å². The van der Waals surface area contributed by atoms with E-state index in [9.17, 15) is 0 Å². The molecule has 2 nitrogen and oxygen atoms in total. The molecular weight excluding hydrogens is 222 g/mol. The van der Waals surface area contributed by atoms with Crippen LogP contribution in [0.1, 0.15) is 45.4 Å². The van der Waals surface area contributed by atoms with Gasteiger partial charge in [-0.15, -0.1) is 0 Å². The summed E-state index contributed by atoms with van der Waals surface area (Å²) in [6, 6.07) is 5.44. The fourth-order valence-corrected chi connectivity index (χ4v) is 1.69. The van der Waals surface area contributed by atoms with E-state index in [0.29, 0.717) is 11.0 Å². The van der Waals surface area contributed by atoms with Crippen LogP contribution in [-0.2, 0) is 0 Å². The van der Waals surface area contributed by atoms with E-state index in [2.05, 4.69) is 11.9 Å². The van der Waals surface area contributed by atoms with Crippen LogP contribution in [0.2, 0.25) is 5.15 Å². The first-order valence-electron chi connectivity index (χ1n) is 6.08. The average Bonchev–Trinajstić information content (AvgIpc) is 2.28. The number of pyridine rings is 1. The predicted molar refractivity (Wildman–Crippen MR) is 68.1 cm³/mol. The third kappa shape index (κ3) is 5.96. The van der Waals surface area contributed by atoms with Gasteiger partial charge < -0.3 is 4.74 Å². The van der Waals surface area contributed by atoms with Gasteiger partial charge in [0.05, 0.1) is 6.61 Å². The van der Waals surface area contributed by atoms with E-state index >= 15 is 0 Å². The van der Waals surface area contributed by atoms with Crippen LogP contribution in [-0.4, -0.2) is 11.6 Å². The van der Waals surface area contributed by atoms with Crippen molar-refractivity contribution < 1.29 is 4.74 Å². The summed E-state index contributed by atoms with van der Waals surface area (Å²) >= 11 is 5.75. The Morgan fingerprint density at radius 2 is 1.88 bits per heavy atom. The molecule has 16 heavy (non-hydrogen) atoms. The first-order chi connectivity index (χ1) is 7.83. The monoisotopic (exact) mass is 241 g/mol. The van der Waals surface area contributed by atoms with Crippen LogP contribution in [0.4, 0.5) is 0 Å². The second-order valence-electron chi connectivity index (χ2n) is 3.91. The molecule has 0 bridgehead atoms. The smallest absolute Gasteiger partial charge is 0.214 e. The third-order valence-corrected chi connectivity index (χ3v) is 2.65. The summed E-state index contributed by atoms with van der Waals surface area (Å²) in [5.41, 5.74) is 0. The van der Waals surface area contributed by atoms with Gasteiger partial charge in [-0.05, 0) is 12.5 Å². The summed E-state index contributed by atoms with van der Waals surface area (Å²) < 4.78 is 5.50. The van der Waals surface area contributed by atoms with Crippen LogP contribution in [0.15, 0.2) is 18.2 Å². The van der Waals surface area contributed by atoms with Crippen molar-refractivity contribution >= 4 is 11.6 Å². The number of hydrogen-bond donors (Lipinski definition) is 0. The minimum Gasteiger partial charge on any atom is -0.478 e. The van der Waals surface area contributed by atoms with Crippen molar-refractivity contribution in [3.05, 3.63) is 23.4 Å². The van der Waals surface area contributed by atoms with Gasteiger partial charge in [-0.2, -0.15) is 0 Å². The molecule has 90 valence electrons. The molecule has 0 amide bonds. The van der Waals surface area contributed by atoms with Crippen molar-refractivity contribution in [3.8, 4) is 5.88 Å². The quantitative estimate of drug-likeness (QED) is 0.495. The lowest BCUT2D eigenvalue weighted by Crippen LogP contribution is -1.98. The molecule has 3 heteroatoms. The highest BCUT2D eigenvalue weighted by Gasteiger charge is 1.96. The lowest BCUT2D eigenvalue weighted by Gasteiger charge is -2.04. The van der Waals surface area contributed by atoms with Crippen LogP contribution < -0.4 is 4.74 Å². The molecule has 0 aromatic carbocycles. The number of halogens is 1. The third-order valence-electron chi connectivity index (χ3n) is 2.44. The minimum absolute atomic E-state index is 0.487. The normalized spacial score (nSPS) is 10.4. The number of rotatable bonds is 8. The largest absolute Gasteiger partial charge is 0.478 e. The molecule has 0 unspecified atom stereocenters. The van der Waals surface area contributed by atoms with E-state index in [1.165, 1.54) is 32.1 Å². The first-order valence-corrected chi connectivity index (χ1v) is 6.46. The molecule has 0 saturated carbocycles. The fraction of sp³-hybridized carbons (Fsp3) is 0.615. The fourth-order valence-electron chi connectivity index (χ4n) is 1.53. The first kappa shape index (κ1) is 13.3. The number of unbranched alkanes of at least 4 members (excludes halogenated alkanes) is 5. The van der Waals surface area contributed by atoms with Gasteiger partial charge in [0.25, 0.3) is 0 Å². The maximum atomic E-state index is 5.75. The number of hydrogen-bond acceptors (Lipinski definition) is 2. The molecule has 0 N–H and O–H groups in total.